The quantitative estimate of drug-likeness (QED) is 0.507. The number of hydrogen-bond donors (Lipinski definition) is 0. The summed E-state index contributed by atoms with van der Waals surface area (Å²) in [6.45, 7) is 18.4. The van der Waals surface area contributed by atoms with Gasteiger partial charge < -0.3 is 9.64 Å². The van der Waals surface area contributed by atoms with Gasteiger partial charge in [0.1, 0.15) is 0 Å². The lowest BCUT2D eigenvalue weighted by molar-refractivity contribution is 0.0168. The summed E-state index contributed by atoms with van der Waals surface area (Å²) in [5.74, 6) is -0.0432. The van der Waals surface area contributed by atoms with E-state index in [-0.39, 0.29) is 36.0 Å². The molecule has 1 heterocycles. The topological polar surface area (TPSA) is 66.9 Å². The molecule has 0 saturated heterocycles. The van der Waals surface area contributed by atoms with Gasteiger partial charge in [-0.3, -0.25) is 4.79 Å². The van der Waals surface area contributed by atoms with Gasteiger partial charge in [0, 0.05) is 37.8 Å². The van der Waals surface area contributed by atoms with Gasteiger partial charge in [-0.2, -0.15) is 4.31 Å². The van der Waals surface area contributed by atoms with E-state index >= 15 is 0 Å². The lowest BCUT2D eigenvalue weighted by atomic mass is 9.81. The molecule has 2 aromatic carbocycles. The molecule has 0 spiro atoms. The second-order valence-corrected chi connectivity index (χ2v) is 12.6. The fraction of sp³-hybridized carbons (Fsp3) is 0.536. The number of amides is 1. The molecule has 0 N–H and O–H groups in total. The molecule has 2 aromatic rings. The van der Waals surface area contributed by atoms with Gasteiger partial charge in [-0.1, -0.05) is 17.7 Å². The van der Waals surface area contributed by atoms with Crippen molar-refractivity contribution >= 4 is 15.9 Å². The van der Waals surface area contributed by atoms with E-state index in [1.54, 1.807) is 19.2 Å². The van der Waals surface area contributed by atoms with E-state index < -0.39 is 15.6 Å². The predicted octanol–water partition coefficient (Wildman–Crippen LogP) is 5.46. The SMILES string of the molecule is COC(C)(C)c1c(C)c2c(c(C)c1C(=O)N(C(C)C)C(C)C)CN(S(=O)(=O)c1ccc(C)cc1)C2. The monoisotopic (exact) mass is 500 g/mol. The molecule has 1 amide bonds. The molecule has 0 aromatic heterocycles. The van der Waals surface area contributed by atoms with Gasteiger partial charge in [0.2, 0.25) is 10.0 Å². The first-order valence-electron chi connectivity index (χ1n) is 12.2. The van der Waals surface area contributed by atoms with E-state index in [0.29, 0.717) is 5.56 Å². The number of hydrogen-bond acceptors (Lipinski definition) is 4. The van der Waals surface area contributed by atoms with Crippen molar-refractivity contribution in [2.75, 3.05) is 7.11 Å². The smallest absolute Gasteiger partial charge is 0.254 e. The molecule has 192 valence electrons. The fourth-order valence-corrected chi connectivity index (χ4v) is 6.69. The Labute approximate surface area is 211 Å². The molecule has 0 saturated carbocycles. The number of carbonyl (C=O) groups excluding carboxylic acids is 1. The van der Waals surface area contributed by atoms with Crippen LogP contribution in [0.25, 0.3) is 0 Å². The summed E-state index contributed by atoms with van der Waals surface area (Å²) in [4.78, 5) is 16.2. The summed E-state index contributed by atoms with van der Waals surface area (Å²) >= 11 is 0. The average Bonchev–Trinajstić information content (AvgIpc) is 3.23. The minimum absolute atomic E-state index is 0.0207. The Morgan fingerprint density at radius 1 is 0.943 bits per heavy atom. The van der Waals surface area contributed by atoms with Gasteiger partial charge in [-0.15, -0.1) is 0 Å². The summed E-state index contributed by atoms with van der Waals surface area (Å²) in [6.07, 6.45) is 0. The van der Waals surface area contributed by atoms with Gasteiger partial charge in [-0.25, -0.2) is 8.42 Å². The van der Waals surface area contributed by atoms with Crippen molar-refractivity contribution < 1.29 is 17.9 Å². The Kier molecular flexibility index (Phi) is 7.57. The highest BCUT2D eigenvalue weighted by atomic mass is 32.2. The van der Waals surface area contributed by atoms with Crippen LogP contribution in [0.1, 0.15) is 85.3 Å². The second-order valence-electron chi connectivity index (χ2n) is 10.7. The molecule has 0 atom stereocenters. The first-order valence-corrected chi connectivity index (χ1v) is 13.7. The van der Waals surface area contributed by atoms with Crippen molar-refractivity contribution in [2.45, 2.75) is 98.0 Å². The number of rotatable bonds is 7. The standard InChI is InChI=1S/C28H40N2O4S/c1-17(2)30(18(3)4)27(31)25-20(6)23-15-29(35(32,33)22-13-11-19(5)12-14-22)16-24(23)21(7)26(25)28(8,9)34-10/h11-14,17-18H,15-16H2,1-10H3. The van der Waals surface area contributed by atoms with Gasteiger partial charge in [0.05, 0.1) is 10.5 Å². The normalized spacial score (nSPS) is 14.6. The van der Waals surface area contributed by atoms with E-state index in [1.807, 2.05) is 79.3 Å². The number of ether oxygens (including phenoxy) is 1. The van der Waals surface area contributed by atoms with Crippen molar-refractivity contribution in [2.24, 2.45) is 0 Å². The Bertz CT molecular complexity index is 1220. The summed E-state index contributed by atoms with van der Waals surface area (Å²) in [5, 5.41) is 0. The molecule has 1 aliphatic rings. The molecule has 0 bridgehead atoms. The second kappa shape index (κ2) is 9.68. The molecule has 0 unspecified atom stereocenters. The molecule has 3 rings (SSSR count). The number of sulfonamides is 1. The van der Waals surface area contributed by atoms with Crippen LogP contribution in [0.3, 0.4) is 0 Å². The minimum atomic E-state index is -3.68. The maximum Gasteiger partial charge on any atom is 0.254 e. The van der Waals surface area contributed by atoms with Crippen LogP contribution in [0.4, 0.5) is 0 Å². The first kappa shape index (κ1) is 27.4. The van der Waals surface area contributed by atoms with Crippen LogP contribution in [0, 0.1) is 20.8 Å². The number of benzene rings is 2. The van der Waals surface area contributed by atoms with Crippen LogP contribution < -0.4 is 0 Å². The van der Waals surface area contributed by atoms with Crippen LogP contribution in [0.2, 0.25) is 0 Å². The Hall–Kier alpha value is -2.22. The third-order valence-electron chi connectivity index (χ3n) is 7.27. The molecular weight excluding hydrogens is 460 g/mol. The first-order chi connectivity index (χ1) is 16.1. The number of carbonyl (C=O) groups is 1. The van der Waals surface area contributed by atoms with E-state index in [0.717, 1.165) is 33.4 Å². The van der Waals surface area contributed by atoms with E-state index in [1.165, 1.54) is 4.31 Å². The zero-order chi connectivity index (χ0) is 26.5. The third kappa shape index (κ3) is 4.78. The maximum atomic E-state index is 14.1. The van der Waals surface area contributed by atoms with Gasteiger partial charge in [0.15, 0.2) is 0 Å². The van der Waals surface area contributed by atoms with Gasteiger partial charge in [0.25, 0.3) is 5.91 Å². The predicted molar refractivity (Wildman–Crippen MR) is 140 cm³/mol. The van der Waals surface area contributed by atoms with Crippen molar-refractivity contribution in [1.29, 1.82) is 0 Å². The van der Waals surface area contributed by atoms with E-state index in [9.17, 15) is 13.2 Å². The average molecular weight is 501 g/mol. The summed E-state index contributed by atoms with van der Waals surface area (Å²) in [6, 6.07) is 6.99. The van der Waals surface area contributed by atoms with Crippen LogP contribution in [-0.2, 0) is 33.5 Å². The fourth-order valence-electron chi connectivity index (χ4n) is 5.31. The zero-order valence-electron chi connectivity index (χ0n) is 22.8. The Morgan fingerprint density at radius 2 is 1.43 bits per heavy atom. The molecular formula is C28H40N2O4S. The minimum Gasteiger partial charge on any atom is -0.374 e. The van der Waals surface area contributed by atoms with Crippen molar-refractivity contribution in [3.63, 3.8) is 0 Å². The lowest BCUT2D eigenvalue weighted by Crippen LogP contribution is -2.43. The summed E-state index contributed by atoms with van der Waals surface area (Å²) < 4.78 is 34.4. The zero-order valence-corrected chi connectivity index (χ0v) is 23.6. The molecule has 7 heteroatoms. The highest BCUT2D eigenvalue weighted by Gasteiger charge is 2.40. The number of fused-ring (bicyclic) bond motifs is 1. The van der Waals surface area contributed by atoms with E-state index in [4.69, 9.17) is 4.74 Å². The summed E-state index contributed by atoms with van der Waals surface area (Å²) in [5.41, 5.74) is 5.40. The summed E-state index contributed by atoms with van der Waals surface area (Å²) in [7, 11) is -2.03. The number of aryl methyl sites for hydroxylation is 1. The molecule has 0 fully saturated rings. The molecule has 0 radical (unpaired) electrons. The van der Waals surface area contributed by atoms with Gasteiger partial charge >= 0.3 is 0 Å². The van der Waals surface area contributed by atoms with Crippen LogP contribution in [-0.4, -0.2) is 42.7 Å². The number of nitrogens with zero attached hydrogens (tertiary/aromatic N) is 2. The van der Waals surface area contributed by atoms with Crippen molar-refractivity contribution in [1.82, 2.24) is 9.21 Å². The molecule has 6 nitrogen and oxygen atoms in total. The van der Waals surface area contributed by atoms with Gasteiger partial charge in [-0.05, 0) is 102 Å². The maximum absolute atomic E-state index is 14.1. The van der Waals surface area contributed by atoms with Crippen LogP contribution in [0.5, 0.6) is 0 Å². The van der Waals surface area contributed by atoms with Crippen molar-refractivity contribution in [3.05, 3.63) is 63.2 Å². The van der Waals surface area contributed by atoms with Crippen LogP contribution in [0.15, 0.2) is 29.2 Å². The van der Waals surface area contributed by atoms with E-state index in [2.05, 4.69) is 0 Å². The Morgan fingerprint density at radius 3 is 1.89 bits per heavy atom. The largest absolute Gasteiger partial charge is 0.374 e. The number of methoxy groups -OCH3 is 1. The highest BCUT2D eigenvalue weighted by molar-refractivity contribution is 7.89. The highest BCUT2D eigenvalue weighted by Crippen LogP contribution is 2.42. The third-order valence-corrected chi connectivity index (χ3v) is 9.08. The lowest BCUT2D eigenvalue weighted by Gasteiger charge is -2.36. The van der Waals surface area contributed by atoms with Crippen LogP contribution >= 0.6 is 0 Å². The molecule has 1 aliphatic heterocycles. The Balaban J connectivity index is 2.22. The van der Waals surface area contributed by atoms with Crippen molar-refractivity contribution in [3.8, 4) is 0 Å². The molecule has 35 heavy (non-hydrogen) atoms. The molecule has 0 aliphatic carbocycles.